The molecule has 0 amide bonds. The molecular formula is C19H13N3O2. The number of nitrogens with zero attached hydrogens (tertiary/aromatic N) is 3. The molecule has 5 nitrogen and oxygen atoms in total. The normalized spacial score (nSPS) is 10.8. The highest BCUT2D eigenvalue weighted by atomic mass is 16.3. The minimum absolute atomic E-state index is 0.0689. The fraction of sp³-hybridized carbons (Fsp3) is 0. The third-order valence-electron chi connectivity index (χ3n) is 3.90. The van der Waals surface area contributed by atoms with E-state index in [1.807, 2.05) is 42.5 Å². The molecule has 24 heavy (non-hydrogen) atoms. The maximum Gasteiger partial charge on any atom is 0.299 e. The molecule has 0 bridgehead atoms. The predicted molar refractivity (Wildman–Crippen MR) is 92.2 cm³/mol. The molecule has 0 saturated carbocycles. The van der Waals surface area contributed by atoms with Crippen LogP contribution in [0.1, 0.15) is 0 Å². The lowest BCUT2D eigenvalue weighted by molar-refractivity contribution is 0.470. The first kappa shape index (κ1) is 14.1. The molecule has 1 aromatic heterocycles. The third-order valence-corrected chi connectivity index (χ3v) is 3.90. The summed E-state index contributed by atoms with van der Waals surface area (Å²) in [6, 6.07) is 22.2. The molecule has 0 fully saturated rings. The summed E-state index contributed by atoms with van der Waals surface area (Å²) in [6.07, 6.45) is 0. The van der Waals surface area contributed by atoms with Crippen molar-refractivity contribution in [2.45, 2.75) is 0 Å². The van der Waals surface area contributed by atoms with Crippen molar-refractivity contribution in [3.63, 3.8) is 0 Å². The number of hydrogen-bond donors (Lipinski definition) is 1. The predicted octanol–water partition coefficient (Wildman–Crippen LogP) is 3.15. The molecule has 1 N–H and O–H groups in total. The van der Waals surface area contributed by atoms with Gasteiger partial charge in [0.05, 0.1) is 10.9 Å². The van der Waals surface area contributed by atoms with E-state index in [0.29, 0.717) is 16.6 Å². The fourth-order valence-corrected chi connectivity index (χ4v) is 2.72. The van der Waals surface area contributed by atoms with Gasteiger partial charge in [-0.2, -0.15) is 0 Å². The van der Waals surface area contributed by atoms with Gasteiger partial charge in [-0.1, -0.05) is 58.8 Å². The Morgan fingerprint density at radius 2 is 1.58 bits per heavy atom. The molecule has 4 aromatic rings. The van der Waals surface area contributed by atoms with Gasteiger partial charge in [0.1, 0.15) is 11.4 Å². The molecule has 3 aromatic carbocycles. The van der Waals surface area contributed by atoms with Crippen LogP contribution < -0.4 is 5.56 Å². The Kier molecular flexibility index (Phi) is 3.31. The monoisotopic (exact) mass is 315 g/mol. The molecule has 0 aliphatic carbocycles. The molecule has 0 atom stereocenters. The minimum atomic E-state index is -0.387. The summed E-state index contributed by atoms with van der Waals surface area (Å²) in [7, 11) is 0. The summed E-state index contributed by atoms with van der Waals surface area (Å²) < 4.78 is 1.47. The second kappa shape index (κ2) is 5.62. The number of fused-ring (bicyclic) bond motifs is 1. The SMILES string of the molecule is O=c1nnn(-c2ccc(-c3ccccc3)cc2O)c2ccccc12. The molecule has 0 unspecified atom stereocenters. The standard InChI is InChI=1S/C19H13N3O2/c23-18-12-14(13-6-2-1-3-7-13)10-11-17(18)22-16-9-5-4-8-15(16)19(24)20-21-22/h1-12,23H. The van der Waals surface area contributed by atoms with E-state index in [9.17, 15) is 9.90 Å². The van der Waals surface area contributed by atoms with Gasteiger partial charge in [-0.15, -0.1) is 0 Å². The quantitative estimate of drug-likeness (QED) is 0.617. The van der Waals surface area contributed by atoms with Crippen LogP contribution in [0.2, 0.25) is 0 Å². The van der Waals surface area contributed by atoms with Crippen molar-refractivity contribution in [2.24, 2.45) is 0 Å². The number of phenols is 1. The number of para-hydroxylation sites is 1. The van der Waals surface area contributed by atoms with Gasteiger partial charge in [0.25, 0.3) is 5.56 Å². The third kappa shape index (κ3) is 2.32. The maximum absolute atomic E-state index is 11.8. The average molecular weight is 315 g/mol. The van der Waals surface area contributed by atoms with Gasteiger partial charge >= 0.3 is 0 Å². The lowest BCUT2D eigenvalue weighted by atomic mass is 10.0. The van der Waals surface area contributed by atoms with Crippen LogP contribution in [0.15, 0.2) is 77.6 Å². The Hall–Kier alpha value is -3.47. The Bertz CT molecular complexity index is 1090. The van der Waals surface area contributed by atoms with Crippen molar-refractivity contribution >= 4 is 10.9 Å². The lowest BCUT2D eigenvalue weighted by Crippen LogP contribution is -2.15. The van der Waals surface area contributed by atoms with E-state index in [1.165, 1.54) is 4.68 Å². The molecular weight excluding hydrogens is 302 g/mol. The van der Waals surface area contributed by atoms with Crippen LogP contribution in [0.25, 0.3) is 27.7 Å². The van der Waals surface area contributed by atoms with Crippen LogP contribution in [0, 0.1) is 0 Å². The first-order chi connectivity index (χ1) is 11.7. The molecule has 5 heteroatoms. The van der Waals surface area contributed by atoms with Gasteiger partial charge in [-0.25, -0.2) is 4.68 Å². The van der Waals surface area contributed by atoms with E-state index < -0.39 is 0 Å². The van der Waals surface area contributed by atoms with E-state index in [2.05, 4.69) is 10.3 Å². The highest BCUT2D eigenvalue weighted by Crippen LogP contribution is 2.29. The average Bonchev–Trinajstić information content (AvgIpc) is 2.63. The summed E-state index contributed by atoms with van der Waals surface area (Å²) in [5.41, 5.74) is 2.59. The lowest BCUT2D eigenvalue weighted by Gasteiger charge is -2.11. The zero-order chi connectivity index (χ0) is 16.5. The molecule has 0 saturated heterocycles. The zero-order valence-corrected chi connectivity index (χ0v) is 12.6. The number of rotatable bonds is 2. The largest absolute Gasteiger partial charge is 0.506 e. The maximum atomic E-state index is 11.8. The Balaban J connectivity index is 1.90. The number of benzene rings is 3. The number of aromatic nitrogens is 3. The second-order valence-corrected chi connectivity index (χ2v) is 5.39. The van der Waals surface area contributed by atoms with Crippen LogP contribution in [-0.2, 0) is 0 Å². The van der Waals surface area contributed by atoms with E-state index in [1.54, 1.807) is 30.3 Å². The van der Waals surface area contributed by atoms with Crippen molar-refractivity contribution in [1.82, 2.24) is 15.0 Å². The second-order valence-electron chi connectivity index (χ2n) is 5.39. The summed E-state index contributed by atoms with van der Waals surface area (Å²) in [4.78, 5) is 11.8. The topological polar surface area (TPSA) is 68.0 Å². The van der Waals surface area contributed by atoms with E-state index >= 15 is 0 Å². The van der Waals surface area contributed by atoms with Crippen LogP contribution in [0.4, 0.5) is 0 Å². The van der Waals surface area contributed by atoms with Gasteiger partial charge in [0, 0.05) is 0 Å². The van der Waals surface area contributed by atoms with Crippen molar-refractivity contribution in [3.8, 4) is 22.6 Å². The highest BCUT2D eigenvalue weighted by molar-refractivity contribution is 5.79. The van der Waals surface area contributed by atoms with Gasteiger partial charge in [-0.05, 0) is 35.4 Å². The van der Waals surface area contributed by atoms with E-state index in [0.717, 1.165) is 11.1 Å². The molecule has 0 aliphatic heterocycles. The van der Waals surface area contributed by atoms with Gasteiger partial charge in [-0.3, -0.25) is 4.79 Å². The first-order valence-electron chi connectivity index (χ1n) is 7.47. The molecule has 116 valence electrons. The summed E-state index contributed by atoms with van der Waals surface area (Å²) in [5, 5.41) is 18.5. The van der Waals surface area contributed by atoms with Crippen molar-refractivity contribution in [3.05, 3.63) is 83.2 Å². The van der Waals surface area contributed by atoms with E-state index in [-0.39, 0.29) is 11.3 Å². The summed E-state index contributed by atoms with van der Waals surface area (Å²) in [6.45, 7) is 0. The smallest absolute Gasteiger partial charge is 0.299 e. The molecule has 0 spiro atoms. The Morgan fingerprint density at radius 3 is 2.38 bits per heavy atom. The van der Waals surface area contributed by atoms with Gasteiger partial charge in [0.2, 0.25) is 0 Å². The van der Waals surface area contributed by atoms with Crippen molar-refractivity contribution < 1.29 is 5.11 Å². The Morgan fingerprint density at radius 1 is 0.833 bits per heavy atom. The van der Waals surface area contributed by atoms with Crippen LogP contribution in [-0.4, -0.2) is 20.1 Å². The molecule has 0 radical (unpaired) electrons. The van der Waals surface area contributed by atoms with Crippen molar-refractivity contribution in [1.29, 1.82) is 0 Å². The number of phenolic OH excluding ortho intramolecular Hbond substituents is 1. The van der Waals surface area contributed by atoms with Crippen LogP contribution in [0.3, 0.4) is 0 Å². The minimum Gasteiger partial charge on any atom is -0.506 e. The van der Waals surface area contributed by atoms with Crippen molar-refractivity contribution in [2.75, 3.05) is 0 Å². The number of aromatic hydroxyl groups is 1. The fourth-order valence-electron chi connectivity index (χ4n) is 2.72. The summed E-state index contributed by atoms with van der Waals surface area (Å²) in [5.74, 6) is 0.0689. The van der Waals surface area contributed by atoms with Crippen LogP contribution in [0.5, 0.6) is 5.75 Å². The zero-order valence-electron chi connectivity index (χ0n) is 12.6. The highest BCUT2D eigenvalue weighted by Gasteiger charge is 2.11. The van der Waals surface area contributed by atoms with E-state index in [4.69, 9.17) is 0 Å². The van der Waals surface area contributed by atoms with Gasteiger partial charge < -0.3 is 5.11 Å². The molecule has 4 rings (SSSR count). The molecule has 1 heterocycles. The summed E-state index contributed by atoms with van der Waals surface area (Å²) >= 11 is 0. The number of hydrogen-bond acceptors (Lipinski definition) is 4. The van der Waals surface area contributed by atoms with Crippen LogP contribution >= 0.6 is 0 Å². The Labute approximate surface area is 137 Å². The molecule has 0 aliphatic rings. The first-order valence-corrected chi connectivity index (χ1v) is 7.47. The van der Waals surface area contributed by atoms with Gasteiger partial charge in [0.15, 0.2) is 0 Å².